The van der Waals surface area contributed by atoms with E-state index >= 15 is 0 Å². The summed E-state index contributed by atoms with van der Waals surface area (Å²) in [6, 6.07) is 10.5. The van der Waals surface area contributed by atoms with Crippen LogP contribution in [0.15, 0.2) is 42.6 Å². The van der Waals surface area contributed by atoms with Crippen molar-refractivity contribution in [2.45, 2.75) is 19.3 Å². The van der Waals surface area contributed by atoms with Crippen LogP contribution in [0.25, 0.3) is 0 Å². The molecule has 7 heteroatoms. The Labute approximate surface area is 159 Å². The number of amides is 2. The molecule has 1 aliphatic rings. The third-order valence-corrected chi connectivity index (χ3v) is 4.37. The maximum atomic E-state index is 12.0. The molecule has 0 bridgehead atoms. The lowest BCUT2D eigenvalue weighted by Crippen LogP contribution is -2.31. The van der Waals surface area contributed by atoms with Crippen LogP contribution >= 0.6 is 0 Å². The van der Waals surface area contributed by atoms with Gasteiger partial charge in [0.15, 0.2) is 11.5 Å². The molecule has 144 valence electrons. The fourth-order valence-corrected chi connectivity index (χ4v) is 2.93. The van der Waals surface area contributed by atoms with Crippen LogP contribution in [0.1, 0.15) is 19.3 Å². The molecular formula is C20H25N3O4. The standard InChI is InChI=1S/C20H25N3O4/c1-25-17-6-2-3-7-18(17)27-19-9-8-16(13-22-19)23-20(24)21-11-10-15-5-4-12-26-14-15/h2-3,6-9,13,15H,4-5,10-12,14H2,1H3,(H2,21,23,24)/t15-/m1/s1. The molecule has 2 aromatic rings. The van der Waals surface area contributed by atoms with E-state index in [1.54, 1.807) is 31.5 Å². The number of nitrogens with zero attached hydrogens (tertiary/aromatic N) is 1. The topological polar surface area (TPSA) is 81.7 Å². The number of hydrogen-bond acceptors (Lipinski definition) is 5. The molecule has 1 saturated heterocycles. The van der Waals surface area contributed by atoms with Crippen LogP contribution in [-0.2, 0) is 4.74 Å². The summed E-state index contributed by atoms with van der Waals surface area (Å²) in [5, 5.41) is 5.64. The smallest absolute Gasteiger partial charge is 0.319 e. The third-order valence-electron chi connectivity index (χ3n) is 4.37. The van der Waals surface area contributed by atoms with Gasteiger partial charge >= 0.3 is 6.03 Å². The van der Waals surface area contributed by atoms with Crippen molar-refractivity contribution >= 4 is 11.7 Å². The van der Waals surface area contributed by atoms with Crippen molar-refractivity contribution in [3.05, 3.63) is 42.6 Å². The summed E-state index contributed by atoms with van der Waals surface area (Å²) in [4.78, 5) is 16.2. The zero-order valence-corrected chi connectivity index (χ0v) is 15.4. The molecule has 2 heterocycles. The molecule has 7 nitrogen and oxygen atoms in total. The number of methoxy groups -OCH3 is 1. The summed E-state index contributed by atoms with van der Waals surface area (Å²) in [6.07, 6.45) is 4.75. The molecule has 2 amide bonds. The van der Waals surface area contributed by atoms with E-state index in [4.69, 9.17) is 14.2 Å². The number of aromatic nitrogens is 1. The van der Waals surface area contributed by atoms with E-state index in [2.05, 4.69) is 15.6 Å². The number of nitrogens with one attached hydrogen (secondary N) is 2. The van der Waals surface area contributed by atoms with E-state index in [1.807, 2.05) is 18.2 Å². The van der Waals surface area contributed by atoms with Gasteiger partial charge < -0.3 is 24.8 Å². The van der Waals surface area contributed by atoms with Gasteiger partial charge in [0.05, 0.1) is 19.0 Å². The summed E-state index contributed by atoms with van der Waals surface area (Å²) < 4.78 is 16.4. The summed E-state index contributed by atoms with van der Waals surface area (Å²) in [5.74, 6) is 2.16. The Morgan fingerprint density at radius 3 is 2.81 bits per heavy atom. The summed E-state index contributed by atoms with van der Waals surface area (Å²) >= 11 is 0. The second kappa shape index (κ2) is 9.78. The summed E-state index contributed by atoms with van der Waals surface area (Å²) in [6.45, 7) is 2.28. The van der Waals surface area contributed by atoms with Gasteiger partial charge in [0, 0.05) is 25.8 Å². The van der Waals surface area contributed by atoms with E-state index in [9.17, 15) is 4.79 Å². The van der Waals surface area contributed by atoms with Gasteiger partial charge in [-0.05, 0) is 43.4 Å². The van der Waals surface area contributed by atoms with Crippen molar-refractivity contribution in [3.8, 4) is 17.4 Å². The molecule has 0 aliphatic carbocycles. The molecule has 3 rings (SSSR count). The molecule has 27 heavy (non-hydrogen) atoms. The van der Waals surface area contributed by atoms with Crippen molar-refractivity contribution in [2.24, 2.45) is 5.92 Å². The van der Waals surface area contributed by atoms with Crippen LogP contribution < -0.4 is 20.1 Å². The number of pyridine rings is 1. The quantitative estimate of drug-likeness (QED) is 0.773. The average Bonchev–Trinajstić information content (AvgIpc) is 2.71. The zero-order chi connectivity index (χ0) is 18.9. The minimum absolute atomic E-state index is 0.244. The second-order valence-corrected chi connectivity index (χ2v) is 6.39. The van der Waals surface area contributed by atoms with E-state index < -0.39 is 0 Å². The highest BCUT2D eigenvalue weighted by Crippen LogP contribution is 2.30. The van der Waals surface area contributed by atoms with Gasteiger partial charge in [0.2, 0.25) is 5.88 Å². The molecule has 1 atom stereocenters. The Bertz CT molecular complexity index is 730. The Kier molecular flexibility index (Phi) is 6.87. The highest BCUT2D eigenvalue weighted by atomic mass is 16.5. The average molecular weight is 371 g/mol. The number of para-hydroxylation sites is 2. The predicted molar refractivity (Wildman–Crippen MR) is 102 cm³/mol. The molecule has 0 saturated carbocycles. The van der Waals surface area contributed by atoms with Gasteiger partial charge in [-0.2, -0.15) is 0 Å². The minimum Gasteiger partial charge on any atom is -0.493 e. The Balaban J connectivity index is 1.45. The maximum Gasteiger partial charge on any atom is 0.319 e. The molecule has 2 N–H and O–H groups in total. The zero-order valence-electron chi connectivity index (χ0n) is 15.4. The number of benzene rings is 1. The molecule has 0 unspecified atom stereocenters. The van der Waals surface area contributed by atoms with Gasteiger partial charge in [0.1, 0.15) is 0 Å². The fraction of sp³-hybridized carbons (Fsp3) is 0.400. The normalized spacial score (nSPS) is 16.4. The van der Waals surface area contributed by atoms with Crippen LogP contribution in [0, 0.1) is 5.92 Å². The summed E-state index contributed by atoms with van der Waals surface area (Å²) in [5.41, 5.74) is 0.598. The maximum absolute atomic E-state index is 12.0. The molecular weight excluding hydrogens is 346 g/mol. The molecule has 1 aromatic heterocycles. The van der Waals surface area contributed by atoms with Gasteiger partial charge in [-0.15, -0.1) is 0 Å². The molecule has 1 aromatic carbocycles. The van der Waals surface area contributed by atoms with E-state index in [0.29, 0.717) is 35.5 Å². The number of hydrogen-bond donors (Lipinski definition) is 2. The van der Waals surface area contributed by atoms with Gasteiger partial charge in [-0.1, -0.05) is 12.1 Å². The van der Waals surface area contributed by atoms with Crippen molar-refractivity contribution < 1.29 is 19.0 Å². The van der Waals surface area contributed by atoms with Crippen molar-refractivity contribution in [1.82, 2.24) is 10.3 Å². The largest absolute Gasteiger partial charge is 0.493 e. The highest BCUT2D eigenvalue weighted by Gasteiger charge is 2.14. The van der Waals surface area contributed by atoms with E-state index in [-0.39, 0.29) is 6.03 Å². The third kappa shape index (κ3) is 5.86. The minimum atomic E-state index is -0.244. The van der Waals surface area contributed by atoms with Crippen LogP contribution in [-0.4, -0.2) is 37.9 Å². The van der Waals surface area contributed by atoms with Crippen molar-refractivity contribution in [3.63, 3.8) is 0 Å². The molecule has 0 radical (unpaired) electrons. The first-order valence-corrected chi connectivity index (χ1v) is 9.14. The summed E-state index contributed by atoms with van der Waals surface area (Å²) in [7, 11) is 1.59. The van der Waals surface area contributed by atoms with E-state index in [1.165, 1.54) is 6.42 Å². The van der Waals surface area contributed by atoms with Crippen LogP contribution in [0.3, 0.4) is 0 Å². The van der Waals surface area contributed by atoms with Gasteiger partial charge in [-0.25, -0.2) is 9.78 Å². The Hall–Kier alpha value is -2.80. The number of carbonyl (C=O) groups is 1. The first-order chi connectivity index (χ1) is 13.2. The lowest BCUT2D eigenvalue weighted by Gasteiger charge is -2.21. The predicted octanol–water partition coefficient (Wildman–Crippen LogP) is 3.82. The number of anilines is 1. The fourth-order valence-electron chi connectivity index (χ4n) is 2.93. The van der Waals surface area contributed by atoms with Crippen LogP contribution in [0.2, 0.25) is 0 Å². The second-order valence-electron chi connectivity index (χ2n) is 6.39. The lowest BCUT2D eigenvalue weighted by molar-refractivity contribution is 0.0520. The van der Waals surface area contributed by atoms with Gasteiger partial charge in [-0.3, -0.25) is 0 Å². The Morgan fingerprint density at radius 1 is 1.26 bits per heavy atom. The van der Waals surface area contributed by atoms with Crippen LogP contribution in [0.5, 0.6) is 17.4 Å². The molecule has 0 spiro atoms. The SMILES string of the molecule is COc1ccccc1Oc1ccc(NC(=O)NCC[C@H]2CCCOC2)cn1. The van der Waals surface area contributed by atoms with Crippen molar-refractivity contribution in [1.29, 1.82) is 0 Å². The number of carbonyl (C=O) groups excluding carboxylic acids is 1. The van der Waals surface area contributed by atoms with Crippen molar-refractivity contribution in [2.75, 3.05) is 32.2 Å². The highest BCUT2D eigenvalue weighted by molar-refractivity contribution is 5.88. The monoisotopic (exact) mass is 371 g/mol. The van der Waals surface area contributed by atoms with E-state index in [0.717, 1.165) is 26.1 Å². The van der Waals surface area contributed by atoms with Gasteiger partial charge in [0.25, 0.3) is 0 Å². The Morgan fingerprint density at radius 2 is 2.11 bits per heavy atom. The number of ether oxygens (including phenoxy) is 3. The first-order valence-electron chi connectivity index (χ1n) is 9.14. The number of urea groups is 1. The molecule has 1 fully saturated rings. The molecule has 1 aliphatic heterocycles. The number of rotatable bonds is 7. The van der Waals surface area contributed by atoms with Crippen LogP contribution in [0.4, 0.5) is 10.5 Å². The lowest BCUT2D eigenvalue weighted by atomic mass is 9.99. The first kappa shape index (κ1) is 19.0.